The average Bonchev–Trinajstić information content (AvgIpc) is 2.87. The van der Waals surface area contributed by atoms with Crippen LogP contribution in [-0.4, -0.2) is 10.1 Å². The van der Waals surface area contributed by atoms with Gasteiger partial charge in [-0.15, -0.1) is 0 Å². The molecule has 1 aliphatic rings. The Morgan fingerprint density at radius 1 is 1.58 bits per heavy atom. The highest BCUT2D eigenvalue weighted by Gasteiger charge is 2.27. The van der Waals surface area contributed by atoms with Gasteiger partial charge < -0.3 is 5.11 Å². The molecule has 60 valence electrons. The van der Waals surface area contributed by atoms with E-state index in [1.807, 2.05) is 6.07 Å². The molecule has 0 bridgehead atoms. The normalized spacial score (nSPS) is 15.6. The molecule has 1 aromatic heterocycles. The molecule has 1 aliphatic carbocycles. The van der Waals surface area contributed by atoms with Crippen LogP contribution in [0.3, 0.4) is 0 Å². The van der Waals surface area contributed by atoms with E-state index < -0.39 is 0 Å². The standard InChI is InChI=1S/C9H8N2O/c10-4-6-3-8(12)9(11-5-6)7-1-2-7/h3,5,7,12H,1-2H2. The Morgan fingerprint density at radius 2 is 2.33 bits per heavy atom. The van der Waals surface area contributed by atoms with Crippen molar-refractivity contribution < 1.29 is 5.11 Å². The van der Waals surface area contributed by atoms with Crippen molar-refractivity contribution in [3.63, 3.8) is 0 Å². The number of hydrogen-bond donors (Lipinski definition) is 1. The van der Waals surface area contributed by atoms with Gasteiger partial charge in [0.2, 0.25) is 0 Å². The fourth-order valence-electron chi connectivity index (χ4n) is 1.20. The van der Waals surface area contributed by atoms with E-state index in [9.17, 15) is 5.11 Å². The fourth-order valence-corrected chi connectivity index (χ4v) is 1.20. The first-order valence-corrected chi connectivity index (χ1v) is 3.90. The van der Waals surface area contributed by atoms with Gasteiger partial charge in [0.25, 0.3) is 0 Å². The first-order valence-electron chi connectivity index (χ1n) is 3.90. The maximum absolute atomic E-state index is 9.42. The molecule has 0 atom stereocenters. The average molecular weight is 160 g/mol. The summed E-state index contributed by atoms with van der Waals surface area (Å²) in [7, 11) is 0. The first kappa shape index (κ1) is 7.11. The molecular formula is C9H8N2O. The number of aromatic hydroxyl groups is 1. The number of rotatable bonds is 1. The van der Waals surface area contributed by atoms with E-state index in [1.54, 1.807) is 0 Å². The predicted octanol–water partition coefficient (Wildman–Crippen LogP) is 1.54. The van der Waals surface area contributed by atoms with Gasteiger partial charge in [-0.2, -0.15) is 5.26 Å². The summed E-state index contributed by atoms with van der Waals surface area (Å²) in [4.78, 5) is 4.04. The lowest BCUT2D eigenvalue weighted by molar-refractivity contribution is 0.464. The van der Waals surface area contributed by atoms with Gasteiger partial charge in [-0.25, -0.2) is 0 Å². The summed E-state index contributed by atoms with van der Waals surface area (Å²) in [5.74, 6) is 0.592. The molecule has 3 heteroatoms. The first-order chi connectivity index (χ1) is 5.81. The van der Waals surface area contributed by atoms with Crippen molar-refractivity contribution in [1.82, 2.24) is 4.98 Å². The molecule has 0 aliphatic heterocycles. The molecule has 0 unspecified atom stereocenters. The SMILES string of the molecule is N#Cc1cnc(C2CC2)c(O)c1. The summed E-state index contributed by atoms with van der Waals surface area (Å²) < 4.78 is 0. The van der Waals surface area contributed by atoms with E-state index in [1.165, 1.54) is 12.3 Å². The molecule has 0 radical (unpaired) electrons. The zero-order valence-electron chi connectivity index (χ0n) is 6.49. The van der Waals surface area contributed by atoms with Crippen LogP contribution in [0.1, 0.15) is 30.0 Å². The van der Waals surface area contributed by atoms with Crippen molar-refractivity contribution in [2.45, 2.75) is 18.8 Å². The highest BCUT2D eigenvalue weighted by Crippen LogP contribution is 2.42. The van der Waals surface area contributed by atoms with E-state index >= 15 is 0 Å². The molecule has 3 nitrogen and oxygen atoms in total. The molecule has 1 heterocycles. The van der Waals surface area contributed by atoms with Gasteiger partial charge >= 0.3 is 0 Å². The Labute approximate surface area is 70.3 Å². The molecule has 12 heavy (non-hydrogen) atoms. The molecule has 0 spiro atoms. The topological polar surface area (TPSA) is 56.9 Å². The molecule has 0 amide bonds. The monoisotopic (exact) mass is 160 g/mol. The van der Waals surface area contributed by atoms with Gasteiger partial charge in [0.1, 0.15) is 11.8 Å². The Hall–Kier alpha value is -1.56. The van der Waals surface area contributed by atoms with Gasteiger partial charge in [-0.3, -0.25) is 4.98 Å². The second kappa shape index (κ2) is 2.49. The molecule has 2 rings (SSSR count). The number of nitriles is 1. The predicted molar refractivity (Wildman–Crippen MR) is 42.6 cm³/mol. The summed E-state index contributed by atoms with van der Waals surface area (Å²) in [6.45, 7) is 0. The summed E-state index contributed by atoms with van der Waals surface area (Å²) in [6.07, 6.45) is 3.71. The summed E-state index contributed by atoms with van der Waals surface area (Å²) in [5.41, 5.74) is 1.16. The lowest BCUT2D eigenvalue weighted by Gasteiger charge is -1.99. The number of nitrogens with zero attached hydrogens (tertiary/aromatic N) is 2. The fraction of sp³-hybridized carbons (Fsp3) is 0.333. The molecule has 1 N–H and O–H groups in total. The van der Waals surface area contributed by atoms with Crippen molar-refractivity contribution >= 4 is 0 Å². The minimum absolute atomic E-state index is 0.163. The lowest BCUT2D eigenvalue weighted by atomic mass is 10.2. The maximum atomic E-state index is 9.42. The minimum Gasteiger partial charge on any atom is -0.506 e. The molecule has 0 aromatic carbocycles. The van der Waals surface area contributed by atoms with Crippen molar-refractivity contribution in [2.24, 2.45) is 0 Å². The van der Waals surface area contributed by atoms with Crippen LogP contribution in [0.4, 0.5) is 0 Å². The Morgan fingerprint density at radius 3 is 2.83 bits per heavy atom. The maximum Gasteiger partial charge on any atom is 0.138 e. The van der Waals surface area contributed by atoms with Crippen molar-refractivity contribution in [3.8, 4) is 11.8 Å². The van der Waals surface area contributed by atoms with Crippen LogP contribution in [0, 0.1) is 11.3 Å². The van der Waals surface area contributed by atoms with Gasteiger partial charge in [0.15, 0.2) is 0 Å². The van der Waals surface area contributed by atoms with Crippen LogP contribution in [0.2, 0.25) is 0 Å². The van der Waals surface area contributed by atoms with E-state index in [0.29, 0.717) is 11.5 Å². The lowest BCUT2D eigenvalue weighted by Crippen LogP contribution is -1.88. The number of hydrogen-bond acceptors (Lipinski definition) is 3. The highest BCUT2D eigenvalue weighted by molar-refractivity contribution is 5.39. The van der Waals surface area contributed by atoms with Gasteiger partial charge in [0.05, 0.1) is 11.3 Å². The van der Waals surface area contributed by atoms with Gasteiger partial charge in [0, 0.05) is 18.2 Å². The van der Waals surface area contributed by atoms with E-state index in [2.05, 4.69) is 4.98 Å². The summed E-state index contributed by atoms with van der Waals surface area (Å²) in [6, 6.07) is 3.40. The molecule has 1 aromatic rings. The minimum atomic E-state index is 0.163. The van der Waals surface area contributed by atoms with Crippen molar-refractivity contribution in [3.05, 3.63) is 23.5 Å². The quantitative estimate of drug-likeness (QED) is 0.677. The number of pyridine rings is 1. The zero-order valence-corrected chi connectivity index (χ0v) is 6.49. The Balaban J connectivity index is 2.40. The second-order valence-electron chi connectivity index (χ2n) is 3.01. The number of aromatic nitrogens is 1. The summed E-state index contributed by atoms with van der Waals surface area (Å²) >= 11 is 0. The van der Waals surface area contributed by atoms with Gasteiger partial charge in [-0.1, -0.05) is 0 Å². The van der Waals surface area contributed by atoms with Crippen LogP contribution >= 0.6 is 0 Å². The smallest absolute Gasteiger partial charge is 0.138 e. The van der Waals surface area contributed by atoms with Crippen LogP contribution in [0.5, 0.6) is 5.75 Å². The largest absolute Gasteiger partial charge is 0.506 e. The Kier molecular flexibility index (Phi) is 1.47. The van der Waals surface area contributed by atoms with Crippen LogP contribution in [0.15, 0.2) is 12.3 Å². The van der Waals surface area contributed by atoms with Crippen LogP contribution < -0.4 is 0 Å². The molecule has 1 fully saturated rings. The van der Waals surface area contributed by atoms with Crippen molar-refractivity contribution in [2.75, 3.05) is 0 Å². The Bertz CT molecular complexity index is 350. The van der Waals surface area contributed by atoms with Crippen molar-refractivity contribution in [1.29, 1.82) is 5.26 Å². The third-order valence-corrected chi connectivity index (χ3v) is 1.99. The third-order valence-electron chi connectivity index (χ3n) is 1.99. The highest BCUT2D eigenvalue weighted by atomic mass is 16.3. The van der Waals surface area contributed by atoms with Gasteiger partial charge in [-0.05, 0) is 12.8 Å². The molecule has 0 saturated heterocycles. The zero-order chi connectivity index (χ0) is 8.55. The summed E-state index contributed by atoms with van der Waals surface area (Å²) in [5, 5.41) is 17.9. The van der Waals surface area contributed by atoms with E-state index in [0.717, 1.165) is 18.5 Å². The second-order valence-corrected chi connectivity index (χ2v) is 3.01. The third kappa shape index (κ3) is 1.12. The van der Waals surface area contributed by atoms with Crippen LogP contribution in [0.25, 0.3) is 0 Å². The van der Waals surface area contributed by atoms with E-state index in [4.69, 9.17) is 5.26 Å². The van der Waals surface area contributed by atoms with Crippen LogP contribution in [-0.2, 0) is 0 Å². The molecular weight excluding hydrogens is 152 g/mol. The molecule has 1 saturated carbocycles. The van der Waals surface area contributed by atoms with E-state index in [-0.39, 0.29) is 5.75 Å².